The van der Waals surface area contributed by atoms with Crippen LogP contribution in [-0.2, 0) is 6.18 Å². The van der Waals surface area contributed by atoms with Crippen LogP contribution in [0.25, 0.3) is 0 Å². The van der Waals surface area contributed by atoms with E-state index in [9.17, 15) is 18.0 Å². The first-order valence-electron chi connectivity index (χ1n) is 7.80. The molecule has 0 fully saturated rings. The number of carbonyl (C=O) groups excluding carboxylic acids is 1. The number of nitrogens with zero attached hydrogens (tertiary/aromatic N) is 1. The maximum absolute atomic E-state index is 12.9. The first kappa shape index (κ1) is 20.5. The van der Waals surface area contributed by atoms with Crippen molar-refractivity contribution in [3.63, 3.8) is 0 Å². The number of anilines is 1. The zero-order valence-electron chi connectivity index (χ0n) is 13.9. The Morgan fingerprint density at radius 3 is 2.36 bits per heavy atom. The van der Waals surface area contributed by atoms with Crippen LogP contribution in [0.5, 0.6) is 0 Å². The second-order valence-corrected chi connectivity index (χ2v) is 7.43. The molecule has 3 aromatic rings. The number of hydrogen-bond acceptors (Lipinski definition) is 3. The largest absolute Gasteiger partial charge is 0.416 e. The van der Waals surface area contributed by atoms with Crippen molar-refractivity contribution in [3.05, 3.63) is 82.1 Å². The normalized spacial score (nSPS) is 11.3. The van der Waals surface area contributed by atoms with Gasteiger partial charge in [0.05, 0.1) is 26.2 Å². The first-order chi connectivity index (χ1) is 13.3. The maximum Gasteiger partial charge on any atom is 0.416 e. The molecule has 0 aliphatic heterocycles. The molecule has 2 aromatic carbocycles. The summed E-state index contributed by atoms with van der Waals surface area (Å²) in [6.45, 7) is 0. The van der Waals surface area contributed by atoms with Gasteiger partial charge in [0.25, 0.3) is 5.91 Å². The molecule has 3 rings (SSSR count). The Balaban J connectivity index is 1.87. The zero-order valence-corrected chi connectivity index (χ0v) is 16.3. The highest BCUT2D eigenvalue weighted by atomic mass is 35.5. The molecule has 0 unspecified atom stereocenters. The molecule has 1 heterocycles. The fraction of sp³-hybridized carbons (Fsp3) is 0.0526. The van der Waals surface area contributed by atoms with E-state index in [2.05, 4.69) is 10.3 Å². The van der Waals surface area contributed by atoms with Crippen molar-refractivity contribution < 1.29 is 18.0 Å². The van der Waals surface area contributed by atoms with E-state index >= 15 is 0 Å². The summed E-state index contributed by atoms with van der Waals surface area (Å²) < 4.78 is 38.6. The van der Waals surface area contributed by atoms with Crippen LogP contribution >= 0.6 is 35.0 Å². The van der Waals surface area contributed by atoms with Gasteiger partial charge in [0.1, 0.15) is 0 Å². The van der Waals surface area contributed by atoms with Gasteiger partial charge in [-0.05, 0) is 30.3 Å². The predicted octanol–water partition coefficient (Wildman–Crippen LogP) is 6.81. The number of benzene rings is 2. The van der Waals surface area contributed by atoms with Crippen LogP contribution in [0.3, 0.4) is 0 Å². The number of aromatic nitrogens is 1. The SMILES string of the molecule is O=C(Nc1ccccc1Sc1c(Cl)cncc1Cl)c1cccc(C(F)(F)F)c1. The third kappa shape index (κ3) is 4.79. The van der Waals surface area contributed by atoms with Crippen LogP contribution in [0, 0.1) is 0 Å². The van der Waals surface area contributed by atoms with Crippen molar-refractivity contribution in [1.29, 1.82) is 0 Å². The van der Waals surface area contributed by atoms with Gasteiger partial charge >= 0.3 is 6.18 Å². The van der Waals surface area contributed by atoms with Gasteiger partial charge in [-0.3, -0.25) is 9.78 Å². The van der Waals surface area contributed by atoms with Crippen molar-refractivity contribution in [2.24, 2.45) is 0 Å². The van der Waals surface area contributed by atoms with Gasteiger partial charge in [-0.2, -0.15) is 13.2 Å². The lowest BCUT2D eigenvalue weighted by atomic mass is 10.1. The zero-order chi connectivity index (χ0) is 20.3. The number of hydrogen-bond donors (Lipinski definition) is 1. The lowest BCUT2D eigenvalue weighted by molar-refractivity contribution is -0.137. The molecule has 3 nitrogen and oxygen atoms in total. The van der Waals surface area contributed by atoms with Gasteiger partial charge in [-0.15, -0.1) is 0 Å². The number of para-hydroxylation sites is 1. The average molecular weight is 443 g/mol. The van der Waals surface area contributed by atoms with Crippen LogP contribution in [0.15, 0.2) is 70.7 Å². The van der Waals surface area contributed by atoms with E-state index in [1.165, 1.54) is 36.3 Å². The topological polar surface area (TPSA) is 42.0 Å². The van der Waals surface area contributed by atoms with Crippen LogP contribution in [0.1, 0.15) is 15.9 Å². The Morgan fingerprint density at radius 1 is 1.00 bits per heavy atom. The molecule has 0 saturated heterocycles. The molecule has 0 aliphatic carbocycles. The molecule has 28 heavy (non-hydrogen) atoms. The van der Waals surface area contributed by atoms with E-state index < -0.39 is 17.6 Å². The second kappa shape index (κ2) is 8.43. The van der Waals surface area contributed by atoms with Crippen LogP contribution < -0.4 is 5.32 Å². The van der Waals surface area contributed by atoms with Crippen molar-refractivity contribution in [1.82, 2.24) is 4.98 Å². The van der Waals surface area contributed by atoms with Gasteiger partial charge < -0.3 is 5.32 Å². The molecule has 0 aliphatic rings. The molecule has 1 N–H and O–H groups in total. The van der Waals surface area contributed by atoms with Gasteiger partial charge in [0, 0.05) is 22.9 Å². The molecule has 0 radical (unpaired) electrons. The number of carbonyl (C=O) groups is 1. The highest BCUT2D eigenvalue weighted by Crippen LogP contribution is 2.40. The summed E-state index contributed by atoms with van der Waals surface area (Å²) in [5, 5.41) is 3.32. The van der Waals surface area contributed by atoms with Gasteiger partial charge in [0.15, 0.2) is 0 Å². The molecule has 0 atom stereocenters. The monoisotopic (exact) mass is 442 g/mol. The predicted molar refractivity (Wildman–Crippen MR) is 104 cm³/mol. The highest BCUT2D eigenvalue weighted by molar-refractivity contribution is 7.99. The standard InChI is InChI=1S/C19H11Cl2F3N2OS/c20-13-9-25-10-14(21)17(13)28-16-7-2-1-6-15(16)26-18(27)11-4-3-5-12(8-11)19(22,23)24/h1-10H,(H,26,27). The fourth-order valence-electron chi connectivity index (χ4n) is 2.30. The maximum atomic E-state index is 12.9. The van der Waals surface area contributed by atoms with Crippen molar-refractivity contribution in [3.8, 4) is 0 Å². The lowest BCUT2D eigenvalue weighted by Gasteiger charge is -2.13. The quantitative estimate of drug-likeness (QED) is 0.482. The van der Waals surface area contributed by atoms with Crippen LogP contribution in [0.2, 0.25) is 10.0 Å². The van der Waals surface area contributed by atoms with E-state index in [-0.39, 0.29) is 5.56 Å². The Hall–Kier alpha value is -2.22. The van der Waals surface area contributed by atoms with Crippen molar-refractivity contribution in [2.75, 3.05) is 5.32 Å². The third-order valence-corrected chi connectivity index (χ3v) is 5.63. The fourth-order valence-corrected chi connectivity index (χ4v) is 3.79. The minimum absolute atomic E-state index is 0.102. The van der Waals surface area contributed by atoms with Gasteiger partial charge in [-0.1, -0.05) is 53.2 Å². The molecule has 144 valence electrons. The molecule has 0 bridgehead atoms. The number of pyridine rings is 1. The summed E-state index contributed by atoms with van der Waals surface area (Å²) >= 11 is 13.5. The Bertz CT molecular complexity index is 1010. The molecule has 0 saturated carbocycles. The Labute approximate surface area is 172 Å². The van der Waals surface area contributed by atoms with Gasteiger partial charge in [-0.25, -0.2) is 0 Å². The average Bonchev–Trinajstić information content (AvgIpc) is 2.65. The highest BCUT2D eigenvalue weighted by Gasteiger charge is 2.31. The molecule has 1 aromatic heterocycles. The number of amides is 1. The van der Waals surface area contributed by atoms with E-state index in [0.717, 1.165) is 12.1 Å². The minimum atomic E-state index is -4.53. The summed E-state index contributed by atoms with van der Waals surface area (Å²) in [6, 6.07) is 11.0. The van der Waals surface area contributed by atoms with E-state index in [4.69, 9.17) is 23.2 Å². The minimum Gasteiger partial charge on any atom is -0.321 e. The van der Waals surface area contributed by atoms with Crippen molar-refractivity contribution in [2.45, 2.75) is 16.0 Å². The number of rotatable bonds is 4. The van der Waals surface area contributed by atoms with Crippen molar-refractivity contribution >= 4 is 46.6 Å². The van der Waals surface area contributed by atoms with E-state index in [0.29, 0.717) is 25.5 Å². The number of nitrogens with one attached hydrogen (secondary N) is 1. The third-order valence-electron chi connectivity index (χ3n) is 3.61. The molecular weight excluding hydrogens is 432 g/mol. The smallest absolute Gasteiger partial charge is 0.321 e. The van der Waals surface area contributed by atoms with E-state index in [1.54, 1.807) is 24.3 Å². The Morgan fingerprint density at radius 2 is 1.68 bits per heavy atom. The first-order valence-corrected chi connectivity index (χ1v) is 9.37. The summed E-state index contributed by atoms with van der Waals surface area (Å²) in [5.41, 5.74) is -0.577. The number of halogens is 5. The molecular formula is C19H11Cl2F3N2OS. The summed E-state index contributed by atoms with van der Waals surface area (Å²) in [5.74, 6) is -0.661. The van der Waals surface area contributed by atoms with Crippen LogP contribution in [-0.4, -0.2) is 10.9 Å². The summed E-state index contributed by atoms with van der Waals surface area (Å²) in [6.07, 6.45) is -1.64. The number of alkyl halides is 3. The molecule has 1 amide bonds. The lowest BCUT2D eigenvalue weighted by Crippen LogP contribution is -2.14. The van der Waals surface area contributed by atoms with E-state index in [1.807, 2.05) is 0 Å². The summed E-state index contributed by atoms with van der Waals surface area (Å²) in [7, 11) is 0. The second-order valence-electron chi connectivity index (χ2n) is 5.56. The Kier molecular flexibility index (Phi) is 6.17. The van der Waals surface area contributed by atoms with Gasteiger partial charge in [0.2, 0.25) is 0 Å². The van der Waals surface area contributed by atoms with Crippen LogP contribution in [0.4, 0.5) is 18.9 Å². The molecule has 9 heteroatoms. The summed E-state index contributed by atoms with van der Waals surface area (Å²) in [4.78, 5) is 17.5. The molecule has 0 spiro atoms.